The normalized spacial score (nSPS) is 24.6. The Morgan fingerprint density at radius 3 is 2.49 bits per heavy atom. The number of methoxy groups -OCH3 is 1. The number of benzene rings is 2. The first kappa shape index (κ1) is 43.8. The molecule has 8 rings (SSSR count). The minimum Gasteiger partial charge on any atom is -0.496 e. The zero-order valence-corrected chi connectivity index (χ0v) is 36.5. The zero-order chi connectivity index (χ0) is 44.5. The predicted octanol–water partition coefficient (Wildman–Crippen LogP) is 3.97. The molecule has 15 nitrogen and oxygen atoms in total. The number of halogens is 1. The number of imidazole rings is 1. The Hall–Kier alpha value is -5.79. The molecule has 5 heterocycles. The number of nitrogens with two attached hydrogens (primary N) is 1. The summed E-state index contributed by atoms with van der Waals surface area (Å²) in [5.74, 6) is 5.65. The van der Waals surface area contributed by atoms with Crippen LogP contribution in [0.4, 0.5) is 4.39 Å². The third-order valence-corrected chi connectivity index (χ3v) is 13.9. The van der Waals surface area contributed by atoms with E-state index in [1.54, 1.807) is 34.5 Å². The summed E-state index contributed by atoms with van der Waals surface area (Å²) in [4.78, 5) is 71.9. The summed E-state index contributed by atoms with van der Waals surface area (Å²) in [7, 11) is 5.44. The molecule has 16 heteroatoms. The lowest BCUT2D eigenvalue weighted by molar-refractivity contribution is -0.135. The van der Waals surface area contributed by atoms with E-state index in [9.17, 15) is 28.4 Å². The first-order chi connectivity index (χ1) is 30.3. The molecule has 4 amide bonds. The number of aryl methyl sites for hydroxylation is 1. The Balaban J connectivity index is 0.864. The van der Waals surface area contributed by atoms with Crippen LogP contribution in [0.2, 0.25) is 0 Å². The number of para-hydroxylation sites is 1. The summed E-state index contributed by atoms with van der Waals surface area (Å²) < 4.78 is 29.2. The topological polar surface area (TPSA) is 183 Å². The summed E-state index contributed by atoms with van der Waals surface area (Å²) in [6.07, 6.45) is 7.26. The van der Waals surface area contributed by atoms with E-state index in [0.29, 0.717) is 53.2 Å². The average Bonchev–Trinajstić information content (AvgIpc) is 3.70. The minimum absolute atomic E-state index is 0.0309. The molecule has 1 aliphatic carbocycles. The fraction of sp³-hybridized carbons (Fsp3) is 0.532. The number of nitrogens with one attached hydrogen (secondary N) is 2. The van der Waals surface area contributed by atoms with Crippen molar-refractivity contribution in [3.05, 3.63) is 63.7 Å². The number of amides is 4. The Bertz CT molecular complexity index is 2550. The number of piperidine rings is 2. The van der Waals surface area contributed by atoms with Crippen LogP contribution in [-0.2, 0) is 28.0 Å². The second-order valence-corrected chi connectivity index (χ2v) is 17.7. The molecule has 4 aromatic rings. The maximum atomic E-state index is 14.5. The van der Waals surface area contributed by atoms with Crippen molar-refractivity contribution in [2.24, 2.45) is 30.5 Å². The van der Waals surface area contributed by atoms with Crippen LogP contribution in [0, 0.1) is 29.6 Å². The van der Waals surface area contributed by atoms with Gasteiger partial charge in [0.25, 0.3) is 11.8 Å². The molecular formula is C47H57FN8O7. The van der Waals surface area contributed by atoms with Crippen LogP contribution in [0.25, 0.3) is 21.8 Å². The first-order valence-electron chi connectivity index (χ1n) is 22.2. The monoisotopic (exact) mass is 864 g/mol. The summed E-state index contributed by atoms with van der Waals surface area (Å²) >= 11 is 0. The highest BCUT2D eigenvalue weighted by Crippen LogP contribution is 2.35. The molecule has 4 atom stereocenters. The molecule has 2 aromatic carbocycles. The van der Waals surface area contributed by atoms with Gasteiger partial charge in [-0.15, -0.1) is 0 Å². The third kappa shape index (κ3) is 8.90. The number of primary amides is 1. The molecule has 3 aliphatic heterocycles. The predicted molar refractivity (Wildman–Crippen MR) is 235 cm³/mol. The average molecular weight is 865 g/mol. The summed E-state index contributed by atoms with van der Waals surface area (Å²) in [5, 5.41) is 6.29. The van der Waals surface area contributed by atoms with E-state index < -0.39 is 41.9 Å². The van der Waals surface area contributed by atoms with Gasteiger partial charge < -0.3 is 25.4 Å². The molecule has 4 N–H and O–H groups in total. The standard InChI is InChI=1S/C47H57FN8O7/c1-5-32-36(51-45(60)41(32)48)26-63-46-34-22-39(62-4)35(43(49)58)21-33(34)29(23-50-46)14-13-27-9-11-28(12-10-27)24-53(2)31-17-19-55(20-18-31)25-30-7-6-8-37-42(30)54(3)47(61)56(37)38-15-16-40(57)52-44(38)59/h6-8,21-23,27-28,31-32,36,38,41H,5,9-12,15-20,24-26H2,1-4H3,(H2,49,58)(H,51,60)(H,52,57,59)/t27?,28?,32-,36+,38?,41-/m0/s1. The van der Waals surface area contributed by atoms with E-state index in [2.05, 4.69) is 50.4 Å². The van der Waals surface area contributed by atoms with Gasteiger partial charge in [0, 0.05) is 61.4 Å². The van der Waals surface area contributed by atoms with E-state index in [-0.39, 0.29) is 47.7 Å². The second kappa shape index (κ2) is 18.5. The number of hydrogen-bond donors (Lipinski definition) is 3. The van der Waals surface area contributed by atoms with Crippen molar-refractivity contribution in [3.8, 4) is 23.5 Å². The summed E-state index contributed by atoms with van der Waals surface area (Å²) in [6, 6.07) is 8.48. The largest absolute Gasteiger partial charge is 0.496 e. The molecule has 1 saturated carbocycles. The van der Waals surface area contributed by atoms with Crippen molar-refractivity contribution in [1.82, 2.24) is 34.6 Å². The Labute approximate surface area is 365 Å². The molecule has 334 valence electrons. The van der Waals surface area contributed by atoms with Crippen LogP contribution in [-0.4, -0.2) is 106 Å². The lowest BCUT2D eigenvalue weighted by Crippen LogP contribution is -2.44. The number of rotatable bonds is 12. The second-order valence-electron chi connectivity index (χ2n) is 17.7. The molecule has 4 aliphatic rings. The molecule has 2 aromatic heterocycles. The number of pyridine rings is 1. The highest BCUT2D eigenvalue weighted by atomic mass is 19.1. The van der Waals surface area contributed by atoms with Crippen molar-refractivity contribution in [1.29, 1.82) is 0 Å². The van der Waals surface area contributed by atoms with Crippen molar-refractivity contribution < 1.29 is 33.0 Å². The molecule has 0 spiro atoms. The van der Waals surface area contributed by atoms with Crippen LogP contribution in [0.1, 0.15) is 92.2 Å². The molecular weight excluding hydrogens is 808 g/mol. The number of imide groups is 1. The molecule has 63 heavy (non-hydrogen) atoms. The Morgan fingerprint density at radius 1 is 1.03 bits per heavy atom. The van der Waals surface area contributed by atoms with Gasteiger partial charge >= 0.3 is 5.69 Å². The fourth-order valence-electron chi connectivity index (χ4n) is 10.3. The van der Waals surface area contributed by atoms with Crippen LogP contribution in [0.15, 0.2) is 41.3 Å². The zero-order valence-electron chi connectivity index (χ0n) is 36.5. The van der Waals surface area contributed by atoms with Crippen LogP contribution in [0.3, 0.4) is 0 Å². The number of carbonyl (C=O) groups is 4. The minimum atomic E-state index is -1.58. The van der Waals surface area contributed by atoms with Gasteiger partial charge in [-0.2, -0.15) is 0 Å². The maximum absolute atomic E-state index is 14.5. The van der Waals surface area contributed by atoms with E-state index in [0.717, 1.165) is 69.2 Å². The van der Waals surface area contributed by atoms with Gasteiger partial charge in [0.1, 0.15) is 18.4 Å². The van der Waals surface area contributed by atoms with Crippen molar-refractivity contribution in [2.45, 2.75) is 95.6 Å². The van der Waals surface area contributed by atoms with Crippen LogP contribution < -0.4 is 31.5 Å². The van der Waals surface area contributed by atoms with Gasteiger partial charge in [-0.1, -0.05) is 30.9 Å². The van der Waals surface area contributed by atoms with Crippen LogP contribution >= 0.6 is 0 Å². The van der Waals surface area contributed by atoms with Crippen molar-refractivity contribution in [2.75, 3.05) is 40.4 Å². The summed E-state index contributed by atoms with van der Waals surface area (Å²) in [6.45, 7) is 5.49. The van der Waals surface area contributed by atoms with Gasteiger partial charge in [-0.25, -0.2) is 14.2 Å². The fourth-order valence-corrected chi connectivity index (χ4v) is 10.3. The lowest BCUT2D eigenvalue weighted by Gasteiger charge is -2.39. The van der Waals surface area contributed by atoms with E-state index >= 15 is 0 Å². The van der Waals surface area contributed by atoms with Crippen LogP contribution in [0.5, 0.6) is 11.6 Å². The SMILES string of the molecule is CC[C@@H]1[C@H](F)C(=O)N[C@@H]1COc1ncc(C#CC2CCC(CN(C)C3CCN(Cc4cccc5c4n(C)c(=O)n5C4CCC(=O)NC4=O)CC3)CC2)c2cc(C(N)=O)c(OC)cc12. The Kier molecular flexibility index (Phi) is 12.9. The quantitative estimate of drug-likeness (QED) is 0.139. The molecule has 4 fully saturated rings. The highest BCUT2D eigenvalue weighted by molar-refractivity contribution is 6.03. The molecule has 0 radical (unpaired) electrons. The van der Waals surface area contributed by atoms with Gasteiger partial charge in [0.15, 0.2) is 6.17 Å². The Morgan fingerprint density at radius 2 is 1.79 bits per heavy atom. The maximum Gasteiger partial charge on any atom is 0.329 e. The summed E-state index contributed by atoms with van der Waals surface area (Å²) in [5.41, 5.74) is 8.91. The van der Waals surface area contributed by atoms with Crippen molar-refractivity contribution >= 4 is 45.4 Å². The number of carbonyl (C=O) groups excluding carboxylic acids is 4. The number of ether oxygens (including phenoxy) is 2. The number of aromatic nitrogens is 3. The van der Waals surface area contributed by atoms with E-state index in [1.807, 2.05) is 19.1 Å². The first-order valence-corrected chi connectivity index (χ1v) is 22.2. The molecule has 3 saturated heterocycles. The van der Waals surface area contributed by atoms with Gasteiger partial charge in [-0.05, 0) is 101 Å². The molecule has 0 bridgehead atoms. The lowest BCUT2D eigenvalue weighted by atomic mass is 9.81. The van der Waals surface area contributed by atoms with Crippen molar-refractivity contribution in [3.63, 3.8) is 0 Å². The molecule has 1 unspecified atom stereocenters. The van der Waals surface area contributed by atoms with Gasteiger partial charge in [0.05, 0.1) is 35.3 Å². The third-order valence-electron chi connectivity index (χ3n) is 13.9. The number of fused-ring (bicyclic) bond motifs is 2. The van der Waals surface area contributed by atoms with E-state index in [4.69, 9.17) is 15.2 Å². The number of likely N-dealkylation sites (tertiary alicyclic amines) is 1. The smallest absolute Gasteiger partial charge is 0.329 e. The van der Waals surface area contributed by atoms with Gasteiger partial charge in [-0.3, -0.25) is 38.5 Å². The number of alkyl halides is 1. The number of nitrogens with zero attached hydrogens (tertiary/aromatic N) is 5. The van der Waals surface area contributed by atoms with Gasteiger partial charge in [0.2, 0.25) is 17.7 Å². The number of hydrogen-bond acceptors (Lipinski definition) is 10. The highest BCUT2D eigenvalue weighted by Gasteiger charge is 2.42. The van der Waals surface area contributed by atoms with E-state index in [1.165, 1.54) is 7.11 Å².